The lowest BCUT2D eigenvalue weighted by Gasteiger charge is -1.95. The Morgan fingerprint density at radius 1 is 1.11 bits per heavy atom. The van der Waals surface area contributed by atoms with E-state index in [1.165, 1.54) is 0 Å². The van der Waals surface area contributed by atoms with E-state index in [4.69, 9.17) is 5.11 Å². The second-order valence-corrected chi connectivity index (χ2v) is 2.03. The first-order chi connectivity index (χ1) is 4.41. The van der Waals surface area contributed by atoms with Crippen LogP contribution in [-0.4, -0.2) is 18.3 Å². The van der Waals surface area contributed by atoms with Gasteiger partial charge in [-0.2, -0.15) is 5.48 Å². The number of aliphatic hydroxyl groups is 1. The summed E-state index contributed by atoms with van der Waals surface area (Å²) in [6.07, 6.45) is 3.84. The summed E-state index contributed by atoms with van der Waals surface area (Å²) in [5.41, 5.74) is 1.83. The van der Waals surface area contributed by atoms with Gasteiger partial charge in [-0.1, -0.05) is 12.8 Å². The third-order valence-corrected chi connectivity index (χ3v) is 1.19. The van der Waals surface area contributed by atoms with Crippen LogP contribution in [0.3, 0.4) is 0 Å². The lowest BCUT2D eigenvalue weighted by molar-refractivity contribution is 0.0748. The Labute approximate surface area is 55.7 Å². The fourth-order valence-corrected chi connectivity index (χ4v) is 0.663. The first-order valence-corrected chi connectivity index (χ1v) is 3.37. The highest BCUT2D eigenvalue weighted by Crippen LogP contribution is 1.96. The summed E-state index contributed by atoms with van der Waals surface area (Å²) in [7, 11) is 0. The van der Waals surface area contributed by atoms with E-state index >= 15 is 0 Å². The van der Waals surface area contributed by atoms with Crippen LogP contribution in [0.1, 0.15) is 25.7 Å². The molecule has 1 radical (unpaired) electrons. The summed E-state index contributed by atoms with van der Waals surface area (Å²) in [6.45, 7) is 0.816. The molecule has 0 heterocycles. The van der Waals surface area contributed by atoms with Crippen molar-refractivity contribution in [3.63, 3.8) is 0 Å². The monoisotopic (exact) mass is 132 g/mol. The number of hydroxylamine groups is 1. The molecule has 0 spiro atoms. The largest absolute Gasteiger partial charge is 0.396 e. The molecule has 0 aliphatic carbocycles. The summed E-state index contributed by atoms with van der Waals surface area (Å²) in [6, 6.07) is 0. The highest BCUT2D eigenvalue weighted by atomic mass is 16.5. The Balaban J connectivity index is 2.60. The second kappa shape index (κ2) is 7.88. The van der Waals surface area contributed by atoms with Crippen LogP contribution < -0.4 is 5.48 Å². The van der Waals surface area contributed by atoms with Crippen molar-refractivity contribution in [1.29, 1.82) is 0 Å². The van der Waals surface area contributed by atoms with Gasteiger partial charge in [-0.15, -0.1) is 5.21 Å². The van der Waals surface area contributed by atoms with Gasteiger partial charge < -0.3 is 5.11 Å². The van der Waals surface area contributed by atoms with Crippen LogP contribution in [0, 0.1) is 0 Å². The number of unbranched alkanes of at least 4 members (excludes halogenated alkanes) is 3. The molecular weight excluding hydrogens is 118 g/mol. The maximum Gasteiger partial charge on any atom is 0.0431 e. The van der Waals surface area contributed by atoms with Gasteiger partial charge in [0.25, 0.3) is 0 Å². The third-order valence-electron chi connectivity index (χ3n) is 1.19. The molecule has 0 amide bonds. The van der Waals surface area contributed by atoms with Gasteiger partial charge in [-0.25, -0.2) is 0 Å². The quantitative estimate of drug-likeness (QED) is 0.408. The number of nitrogens with one attached hydrogen (secondary N) is 1. The minimum atomic E-state index is 0.269. The van der Waals surface area contributed by atoms with Gasteiger partial charge in [0, 0.05) is 13.2 Å². The Bertz CT molecular complexity index is 44.3. The van der Waals surface area contributed by atoms with Gasteiger partial charge in [-0.05, 0) is 12.8 Å². The number of hydrogen-bond acceptors (Lipinski definition) is 2. The molecule has 0 fully saturated rings. The molecule has 9 heavy (non-hydrogen) atoms. The van der Waals surface area contributed by atoms with Crippen LogP contribution in [0.4, 0.5) is 0 Å². The average Bonchev–Trinajstić information content (AvgIpc) is 1.89. The molecule has 3 nitrogen and oxygen atoms in total. The number of hydrogen-bond donors (Lipinski definition) is 2. The highest BCUT2D eigenvalue weighted by molar-refractivity contribution is 4.41. The Morgan fingerprint density at radius 3 is 2.33 bits per heavy atom. The van der Waals surface area contributed by atoms with E-state index in [0.717, 1.165) is 25.7 Å². The maximum absolute atomic E-state index is 9.66. The highest BCUT2D eigenvalue weighted by Gasteiger charge is 1.86. The van der Waals surface area contributed by atoms with Crippen LogP contribution in [0.5, 0.6) is 0 Å². The molecule has 0 aliphatic rings. The van der Waals surface area contributed by atoms with Crippen molar-refractivity contribution in [3.05, 3.63) is 0 Å². The summed E-state index contributed by atoms with van der Waals surface area (Å²) >= 11 is 0. The fourth-order valence-electron chi connectivity index (χ4n) is 0.663. The molecule has 0 aromatic heterocycles. The Morgan fingerprint density at radius 2 is 1.78 bits per heavy atom. The predicted molar refractivity (Wildman–Crippen MR) is 34.2 cm³/mol. The molecule has 0 aromatic rings. The molecule has 55 valence electrons. The second-order valence-electron chi connectivity index (χ2n) is 2.03. The van der Waals surface area contributed by atoms with Gasteiger partial charge in [0.05, 0.1) is 0 Å². The smallest absolute Gasteiger partial charge is 0.0431 e. The van der Waals surface area contributed by atoms with E-state index in [2.05, 4.69) is 0 Å². The Kier molecular flexibility index (Phi) is 7.77. The van der Waals surface area contributed by atoms with E-state index in [0.29, 0.717) is 6.54 Å². The van der Waals surface area contributed by atoms with Crippen LogP contribution in [-0.2, 0) is 5.21 Å². The zero-order valence-corrected chi connectivity index (χ0v) is 5.60. The minimum absolute atomic E-state index is 0.269. The van der Waals surface area contributed by atoms with Gasteiger partial charge in [-0.3, -0.25) is 0 Å². The van der Waals surface area contributed by atoms with E-state index in [-0.39, 0.29) is 6.61 Å². The average molecular weight is 132 g/mol. The van der Waals surface area contributed by atoms with Crippen LogP contribution in [0.2, 0.25) is 0 Å². The van der Waals surface area contributed by atoms with E-state index in [9.17, 15) is 5.21 Å². The molecule has 2 N–H and O–H groups in total. The summed E-state index contributed by atoms with van der Waals surface area (Å²) in [5, 5.41) is 18.0. The molecule has 0 aliphatic heterocycles. The van der Waals surface area contributed by atoms with E-state index < -0.39 is 0 Å². The molecule has 0 aromatic carbocycles. The van der Waals surface area contributed by atoms with Crippen molar-refractivity contribution < 1.29 is 10.3 Å². The topological polar surface area (TPSA) is 52.2 Å². The number of rotatable bonds is 6. The lowest BCUT2D eigenvalue weighted by atomic mass is 10.2. The van der Waals surface area contributed by atoms with Crippen molar-refractivity contribution in [1.82, 2.24) is 5.48 Å². The lowest BCUT2D eigenvalue weighted by Crippen LogP contribution is -2.05. The first-order valence-electron chi connectivity index (χ1n) is 3.37. The molecular formula is C6H14NO2. The van der Waals surface area contributed by atoms with E-state index in [1.54, 1.807) is 0 Å². The van der Waals surface area contributed by atoms with E-state index in [1.807, 2.05) is 5.48 Å². The first kappa shape index (κ1) is 8.88. The summed E-state index contributed by atoms with van der Waals surface area (Å²) in [4.78, 5) is 0. The molecule has 3 heteroatoms. The van der Waals surface area contributed by atoms with Gasteiger partial charge in [0.15, 0.2) is 0 Å². The molecule has 0 saturated heterocycles. The van der Waals surface area contributed by atoms with Crippen molar-refractivity contribution >= 4 is 0 Å². The standard InChI is InChI=1S/C6H14NO2/c8-6-4-2-1-3-5-7-9/h7-8H,1-6H2. The van der Waals surface area contributed by atoms with Gasteiger partial charge >= 0.3 is 0 Å². The summed E-state index contributed by atoms with van der Waals surface area (Å²) < 4.78 is 0. The molecule has 0 unspecified atom stereocenters. The fraction of sp³-hybridized carbons (Fsp3) is 1.00. The van der Waals surface area contributed by atoms with Crippen LogP contribution in [0.15, 0.2) is 0 Å². The summed E-state index contributed by atoms with van der Waals surface area (Å²) in [5.74, 6) is 0. The van der Waals surface area contributed by atoms with Crippen LogP contribution in [0.25, 0.3) is 0 Å². The van der Waals surface area contributed by atoms with Crippen molar-refractivity contribution in [2.24, 2.45) is 0 Å². The molecule has 0 rings (SSSR count). The van der Waals surface area contributed by atoms with Gasteiger partial charge in [0.1, 0.15) is 0 Å². The third kappa shape index (κ3) is 7.88. The van der Waals surface area contributed by atoms with Crippen molar-refractivity contribution in [2.75, 3.05) is 13.2 Å². The molecule has 0 saturated carbocycles. The normalized spacial score (nSPS) is 10.0. The number of aliphatic hydroxyl groups excluding tert-OH is 1. The molecule has 0 atom stereocenters. The predicted octanol–water partition coefficient (Wildman–Crippen LogP) is 0.474. The van der Waals surface area contributed by atoms with Crippen LogP contribution >= 0.6 is 0 Å². The molecule has 0 bridgehead atoms. The zero-order chi connectivity index (χ0) is 6.95. The zero-order valence-electron chi connectivity index (χ0n) is 5.60. The maximum atomic E-state index is 9.66. The minimum Gasteiger partial charge on any atom is -0.396 e. The van der Waals surface area contributed by atoms with Crippen molar-refractivity contribution in [2.45, 2.75) is 25.7 Å². The van der Waals surface area contributed by atoms with Crippen molar-refractivity contribution in [3.8, 4) is 0 Å². The Hall–Kier alpha value is -0.120. The van der Waals surface area contributed by atoms with Gasteiger partial charge in [0.2, 0.25) is 0 Å². The SMILES string of the molecule is [O]NCCCCCCO.